The molecule has 0 radical (unpaired) electrons. The lowest BCUT2D eigenvalue weighted by Crippen LogP contribution is -2.62. The van der Waals surface area contributed by atoms with Crippen LogP contribution in [0.2, 0.25) is 0 Å². The van der Waals surface area contributed by atoms with Gasteiger partial charge in [-0.15, -0.1) is 4.91 Å². The second kappa shape index (κ2) is 9.19. The van der Waals surface area contributed by atoms with E-state index in [0.717, 1.165) is 12.0 Å². The van der Waals surface area contributed by atoms with E-state index in [1.807, 2.05) is 46.8 Å². The molecule has 2 amide bonds. The van der Waals surface area contributed by atoms with Gasteiger partial charge in [0.15, 0.2) is 0 Å². The zero-order valence-corrected chi connectivity index (χ0v) is 21.5. The highest BCUT2D eigenvalue weighted by Gasteiger charge is 2.59. The number of nitrogens with one attached hydrogen (secondary N) is 2. The number of rotatable bonds is 8. The molecule has 3 rings (SSSR count). The lowest BCUT2D eigenvalue weighted by Gasteiger charge is -2.51. The molecule has 2 fully saturated rings. The van der Waals surface area contributed by atoms with Gasteiger partial charge in [-0.1, -0.05) is 26.0 Å². The number of hydrogen-bond acceptors (Lipinski definition) is 5. The SMILES string of the molecule is CC(=O)N[C@@H](Cc1ccc(O)cc1)[C@@H]1C[C@@]1(C)[C@H](C)C(=O)NC1CC(C)(C)N(N=O)C(C)(C)C1. The minimum Gasteiger partial charge on any atom is -0.508 e. The van der Waals surface area contributed by atoms with Crippen molar-refractivity contribution in [1.82, 2.24) is 15.6 Å². The fourth-order valence-corrected chi connectivity index (χ4v) is 6.17. The maximum atomic E-state index is 13.3. The molecule has 34 heavy (non-hydrogen) atoms. The molecule has 4 atom stereocenters. The topological polar surface area (TPSA) is 111 Å². The largest absolute Gasteiger partial charge is 0.508 e. The van der Waals surface area contributed by atoms with Crippen molar-refractivity contribution >= 4 is 11.8 Å². The van der Waals surface area contributed by atoms with Crippen LogP contribution in [-0.2, 0) is 16.0 Å². The Kier molecular flexibility index (Phi) is 7.02. The Hall–Kier alpha value is -2.64. The number of nitrogens with zero attached hydrogens (tertiary/aromatic N) is 2. The van der Waals surface area contributed by atoms with Crippen molar-refractivity contribution < 1.29 is 14.7 Å². The quantitative estimate of drug-likeness (QED) is 0.497. The second-order valence-corrected chi connectivity index (χ2v) is 11.8. The Bertz CT molecular complexity index is 911. The number of aromatic hydroxyl groups is 1. The molecule has 0 aromatic heterocycles. The van der Waals surface area contributed by atoms with Crippen LogP contribution in [-0.4, -0.2) is 45.1 Å². The van der Waals surface area contributed by atoms with Gasteiger partial charge in [0.05, 0.1) is 16.4 Å². The molecule has 1 aromatic carbocycles. The van der Waals surface area contributed by atoms with Crippen molar-refractivity contribution in [3.8, 4) is 5.75 Å². The molecule has 1 heterocycles. The van der Waals surface area contributed by atoms with E-state index in [1.165, 1.54) is 6.92 Å². The molecule has 1 saturated heterocycles. The Labute approximate surface area is 202 Å². The van der Waals surface area contributed by atoms with E-state index in [4.69, 9.17) is 0 Å². The van der Waals surface area contributed by atoms with Gasteiger partial charge in [0.1, 0.15) is 5.75 Å². The third kappa shape index (κ3) is 5.36. The van der Waals surface area contributed by atoms with E-state index in [1.54, 1.807) is 17.1 Å². The smallest absolute Gasteiger partial charge is 0.223 e. The number of piperidine rings is 1. The van der Waals surface area contributed by atoms with Crippen LogP contribution in [0.1, 0.15) is 73.3 Å². The normalized spacial score (nSPS) is 27.4. The van der Waals surface area contributed by atoms with E-state index in [0.29, 0.717) is 19.3 Å². The fourth-order valence-electron chi connectivity index (χ4n) is 6.17. The van der Waals surface area contributed by atoms with Crippen molar-refractivity contribution in [3.05, 3.63) is 34.7 Å². The van der Waals surface area contributed by atoms with Gasteiger partial charge in [-0.05, 0) is 82.4 Å². The van der Waals surface area contributed by atoms with Gasteiger partial charge in [0.25, 0.3) is 0 Å². The minimum atomic E-state index is -0.447. The van der Waals surface area contributed by atoms with Crippen LogP contribution >= 0.6 is 0 Å². The summed E-state index contributed by atoms with van der Waals surface area (Å²) in [5.74, 6) is 0.0972. The molecule has 0 spiro atoms. The Morgan fingerprint density at radius 1 is 1.09 bits per heavy atom. The number of nitroso groups, excluding NO2 is 1. The van der Waals surface area contributed by atoms with E-state index >= 15 is 0 Å². The van der Waals surface area contributed by atoms with E-state index in [-0.39, 0.29) is 46.9 Å². The fraction of sp³-hybridized carbons (Fsp3) is 0.692. The minimum absolute atomic E-state index is 0.0142. The number of carbonyl (C=O) groups is 2. The third-order valence-corrected chi connectivity index (χ3v) is 8.06. The van der Waals surface area contributed by atoms with Gasteiger partial charge in [-0.25, -0.2) is 5.01 Å². The van der Waals surface area contributed by atoms with Crippen LogP contribution in [0.4, 0.5) is 0 Å². The Balaban J connectivity index is 1.68. The molecule has 1 aliphatic heterocycles. The first-order valence-electron chi connectivity index (χ1n) is 12.2. The molecule has 2 aliphatic rings. The molecule has 0 bridgehead atoms. The van der Waals surface area contributed by atoms with Gasteiger partial charge in [-0.2, -0.15) is 0 Å². The Morgan fingerprint density at radius 3 is 2.15 bits per heavy atom. The van der Waals surface area contributed by atoms with Gasteiger partial charge < -0.3 is 15.7 Å². The lowest BCUT2D eigenvalue weighted by molar-refractivity contribution is -0.129. The Morgan fingerprint density at radius 2 is 1.65 bits per heavy atom. The van der Waals surface area contributed by atoms with E-state index < -0.39 is 11.1 Å². The average molecular weight is 473 g/mol. The standard InChI is InChI=1S/C26H40N4O4/c1-16(23(33)28-19-13-24(3,4)30(29-34)25(5,6)14-19)26(7)15-21(26)22(27-17(2)31)12-18-8-10-20(32)11-9-18/h8-11,16,19,21-22,32H,12-15H2,1-7H3,(H,27,31)(H,28,33)/t16-,21+,22+,26+/m1/s1. The van der Waals surface area contributed by atoms with Crippen molar-refractivity contribution in [2.24, 2.45) is 22.5 Å². The predicted molar refractivity (Wildman–Crippen MR) is 132 cm³/mol. The first-order valence-corrected chi connectivity index (χ1v) is 12.2. The molecular formula is C26H40N4O4. The van der Waals surface area contributed by atoms with Crippen molar-refractivity contribution in [3.63, 3.8) is 0 Å². The van der Waals surface area contributed by atoms with Crippen LogP contribution in [0.15, 0.2) is 29.6 Å². The van der Waals surface area contributed by atoms with Crippen molar-refractivity contribution in [2.75, 3.05) is 0 Å². The zero-order valence-electron chi connectivity index (χ0n) is 21.5. The first kappa shape index (κ1) is 26.0. The summed E-state index contributed by atoms with van der Waals surface area (Å²) in [6.45, 7) is 13.5. The highest BCUT2D eigenvalue weighted by atomic mass is 16.3. The van der Waals surface area contributed by atoms with Crippen LogP contribution in [0.3, 0.4) is 0 Å². The van der Waals surface area contributed by atoms with Crippen molar-refractivity contribution in [2.45, 2.75) is 97.3 Å². The molecular weight excluding hydrogens is 432 g/mol. The number of benzene rings is 1. The number of hydrogen-bond donors (Lipinski definition) is 3. The summed E-state index contributed by atoms with van der Waals surface area (Å²) in [6.07, 6.45) is 2.80. The summed E-state index contributed by atoms with van der Waals surface area (Å²) in [7, 11) is 0. The van der Waals surface area contributed by atoms with Crippen LogP contribution in [0, 0.1) is 22.2 Å². The van der Waals surface area contributed by atoms with Crippen molar-refractivity contribution in [1.29, 1.82) is 0 Å². The summed E-state index contributed by atoms with van der Waals surface area (Å²) in [6, 6.07) is 6.91. The van der Waals surface area contributed by atoms with Gasteiger partial charge >= 0.3 is 0 Å². The van der Waals surface area contributed by atoms with Gasteiger partial charge in [-0.3, -0.25) is 9.59 Å². The van der Waals surface area contributed by atoms with Crippen LogP contribution in [0.25, 0.3) is 0 Å². The number of amides is 2. The summed E-state index contributed by atoms with van der Waals surface area (Å²) >= 11 is 0. The molecule has 188 valence electrons. The molecule has 3 N–H and O–H groups in total. The molecule has 1 aliphatic carbocycles. The average Bonchev–Trinajstić information content (AvgIpc) is 3.39. The van der Waals surface area contributed by atoms with E-state index in [9.17, 15) is 19.6 Å². The van der Waals surface area contributed by atoms with Gasteiger partial charge in [0.2, 0.25) is 11.8 Å². The lowest BCUT2D eigenvalue weighted by atomic mass is 9.78. The van der Waals surface area contributed by atoms with Crippen LogP contribution in [0.5, 0.6) is 5.75 Å². The number of phenolic OH excluding ortho intramolecular Hbond substituents is 1. The molecule has 8 heteroatoms. The van der Waals surface area contributed by atoms with Crippen LogP contribution < -0.4 is 10.6 Å². The molecule has 0 unspecified atom stereocenters. The highest BCUT2D eigenvalue weighted by molar-refractivity contribution is 5.80. The number of phenols is 1. The first-order chi connectivity index (χ1) is 15.7. The van der Waals surface area contributed by atoms with Gasteiger partial charge in [0, 0.05) is 24.9 Å². The monoisotopic (exact) mass is 472 g/mol. The molecule has 8 nitrogen and oxygen atoms in total. The maximum absolute atomic E-state index is 13.3. The summed E-state index contributed by atoms with van der Waals surface area (Å²) in [4.78, 5) is 36.7. The molecule has 1 saturated carbocycles. The maximum Gasteiger partial charge on any atom is 0.223 e. The third-order valence-electron chi connectivity index (χ3n) is 8.06. The highest BCUT2D eigenvalue weighted by Crippen LogP contribution is 2.59. The second-order valence-electron chi connectivity index (χ2n) is 11.8. The summed E-state index contributed by atoms with van der Waals surface area (Å²) in [5, 5.41) is 20.8. The summed E-state index contributed by atoms with van der Waals surface area (Å²) in [5.41, 5.74) is -0.0818. The molecule has 1 aromatic rings. The summed E-state index contributed by atoms with van der Waals surface area (Å²) < 4.78 is 0. The predicted octanol–water partition coefficient (Wildman–Crippen LogP) is 3.92. The number of carbonyl (C=O) groups excluding carboxylic acids is 2. The zero-order chi connectivity index (χ0) is 25.5. The van der Waals surface area contributed by atoms with E-state index in [2.05, 4.69) is 22.8 Å².